The second-order valence-electron chi connectivity index (χ2n) is 3.78. The van der Waals surface area contributed by atoms with Gasteiger partial charge in [-0.1, -0.05) is 0 Å². The number of halogens is 2. The third kappa shape index (κ3) is 3.50. The molecular formula is C11H11F2NO5S. The van der Waals surface area contributed by atoms with Crippen molar-refractivity contribution in [3.05, 3.63) is 29.8 Å². The maximum Gasteiger partial charge on any atom is 0.341 e. The van der Waals surface area contributed by atoms with Crippen molar-refractivity contribution < 1.29 is 31.5 Å². The Kier molecular flexibility index (Phi) is 4.77. The maximum absolute atomic E-state index is 12.3. The zero-order valence-corrected chi connectivity index (χ0v) is 11.1. The van der Waals surface area contributed by atoms with Gasteiger partial charge in [0.25, 0.3) is 5.91 Å². The Balaban J connectivity index is 2.92. The summed E-state index contributed by atoms with van der Waals surface area (Å²) in [5, 5.41) is 0. The molecule has 0 unspecified atom stereocenters. The minimum atomic E-state index is -4.72. The molecule has 0 radical (unpaired) electrons. The summed E-state index contributed by atoms with van der Waals surface area (Å²) in [6.45, 7) is 1.26. The number of benzene rings is 1. The van der Waals surface area contributed by atoms with E-state index in [0.717, 1.165) is 24.3 Å². The van der Waals surface area contributed by atoms with Gasteiger partial charge in [-0.25, -0.2) is 13.2 Å². The molecule has 0 saturated carbocycles. The standard InChI is InChI=1S/C11H11F2NO5S/c1-6(9(14)15)19-10(16)7-2-4-8(5-3-7)20(17,18)11(12)13/h2-6,11H,1H3,(H2,14,15)/t6-/m1/s1. The Morgan fingerprint density at radius 1 is 1.20 bits per heavy atom. The molecule has 20 heavy (non-hydrogen) atoms. The Labute approximate surface area is 113 Å². The van der Waals surface area contributed by atoms with Crippen LogP contribution in [0.2, 0.25) is 0 Å². The SMILES string of the molecule is C[C@@H](OC(=O)c1ccc(S(=O)(=O)C(F)F)cc1)C(N)=O. The van der Waals surface area contributed by atoms with E-state index in [2.05, 4.69) is 4.74 Å². The van der Waals surface area contributed by atoms with E-state index in [0.29, 0.717) is 0 Å². The van der Waals surface area contributed by atoms with Gasteiger partial charge in [0.05, 0.1) is 10.5 Å². The molecule has 0 aliphatic heterocycles. The highest BCUT2D eigenvalue weighted by molar-refractivity contribution is 7.91. The predicted octanol–water partition coefficient (Wildman–Crippen LogP) is 0.714. The van der Waals surface area contributed by atoms with Crippen LogP contribution >= 0.6 is 0 Å². The summed E-state index contributed by atoms with van der Waals surface area (Å²) in [6.07, 6.45) is -1.16. The third-order valence-electron chi connectivity index (χ3n) is 2.34. The van der Waals surface area contributed by atoms with Gasteiger partial charge in [0.1, 0.15) is 0 Å². The molecule has 0 fully saturated rings. The van der Waals surface area contributed by atoms with Crippen LogP contribution in [0, 0.1) is 0 Å². The molecule has 0 aliphatic carbocycles. The molecule has 1 aromatic carbocycles. The summed E-state index contributed by atoms with van der Waals surface area (Å²) in [4.78, 5) is 21.6. The molecule has 0 bridgehead atoms. The number of amides is 1. The van der Waals surface area contributed by atoms with Crippen LogP contribution in [0.15, 0.2) is 29.2 Å². The molecule has 2 N–H and O–H groups in total. The minimum absolute atomic E-state index is 0.0914. The van der Waals surface area contributed by atoms with Gasteiger partial charge in [-0.2, -0.15) is 8.78 Å². The van der Waals surface area contributed by atoms with Crippen LogP contribution < -0.4 is 5.73 Å². The van der Waals surface area contributed by atoms with Crippen LogP contribution in [0.3, 0.4) is 0 Å². The van der Waals surface area contributed by atoms with Crippen molar-refractivity contribution in [2.75, 3.05) is 0 Å². The lowest BCUT2D eigenvalue weighted by molar-refractivity contribution is -0.125. The number of alkyl halides is 2. The normalized spacial score (nSPS) is 13.0. The highest BCUT2D eigenvalue weighted by Crippen LogP contribution is 2.19. The fraction of sp³-hybridized carbons (Fsp3) is 0.273. The van der Waals surface area contributed by atoms with Crippen LogP contribution in [0.5, 0.6) is 0 Å². The van der Waals surface area contributed by atoms with Gasteiger partial charge in [0.15, 0.2) is 6.10 Å². The van der Waals surface area contributed by atoms with Crippen LogP contribution in [-0.2, 0) is 19.4 Å². The summed E-state index contributed by atoms with van der Waals surface area (Å²) in [7, 11) is -4.72. The smallest absolute Gasteiger partial charge is 0.341 e. The van der Waals surface area contributed by atoms with Crippen LogP contribution in [0.25, 0.3) is 0 Å². The minimum Gasteiger partial charge on any atom is -0.449 e. The van der Waals surface area contributed by atoms with Crippen LogP contribution in [0.1, 0.15) is 17.3 Å². The molecule has 1 rings (SSSR count). The molecule has 1 atom stereocenters. The number of rotatable bonds is 5. The van der Waals surface area contributed by atoms with Crippen molar-refractivity contribution in [3.8, 4) is 0 Å². The predicted molar refractivity (Wildman–Crippen MR) is 63.7 cm³/mol. The number of primary amides is 1. The van der Waals surface area contributed by atoms with Gasteiger partial charge in [0, 0.05) is 0 Å². The fourth-order valence-corrected chi connectivity index (χ4v) is 1.89. The Hall–Kier alpha value is -2.03. The lowest BCUT2D eigenvalue weighted by Gasteiger charge is -2.09. The van der Waals surface area contributed by atoms with E-state index in [9.17, 15) is 26.8 Å². The van der Waals surface area contributed by atoms with E-state index in [1.807, 2.05) is 0 Å². The van der Waals surface area contributed by atoms with Gasteiger partial charge in [-0.15, -0.1) is 0 Å². The largest absolute Gasteiger partial charge is 0.449 e. The van der Waals surface area contributed by atoms with E-state index in [4.69, 9.17) is 5.73 Å². The molecule has 1 amide bonds. The molecule has 6 nitrogen and oxygen atoms in total. The summed E-state index contributed by atoms with van der Waals surface area (Å²) in [5.41, 5.74) is 4.81. The second-order valence-corrected chi connectivity index (χ2v) is 5.70. The van der Waals surface area contributed by atoms with Gasteiger partial charge in [-0.05, 0) is 31.2 Å². The highest BCUT2D eigenvalue weighted by Gasteiger charge is 2.26. The lowest BCUT2D eigenvalue weighted by Crippen LogP contribution is -2.30. The monoisotopic (exact) mass is 307 g/mol. The van der Waals surface area contributed by atoms with Crippen molar-refractivity contribution in [1.29, 1.82) is 0 Å². The van der Waals surface area contributed by atoms with E-state index < -0.39 is 38.5 Å². The summed E-state index contributed by atoms with van der Waals surface area (Å²) in [5.74, 6) is -5.32. The summed E-state index contributed by atoms with van der Waals surface area (Å²) >= 11 is 0. The van der Waals surface area contributed by atoms with E-state index in [-0.39, 0.29) is 5.56 Å². The molecule has 0 spiro atoms. The first-order chi connectivity index (χ1) is 9.16. The lowest BCUT2D eigenvalue weighted by atomic mass is 10.2. The Morgan fingerprint density at radius 2 is 1.70 bits per heavy atom. The Morgan fingerprint density at radius 3 is 2.10 bits per heavy atom. The summed E-state index contributed by atoms with van der Waals surface area (Å²) in [6, 6.07) is 3.72. The molecular weight excluding hydrogens is 296 g/mol. The fourth-order valence-electron chi connectivity index (χ4n) is 1.17. The van der Waals surface area contributed by atoms with Crippen molar-refractivity contribution >= 4 is 21.7 Å². The molecule has 0 aliphatic rings. The topological polar surface area (TPSA) is 104 Å². The van der Waals surface area contributed by atoms with Gasteiger partial charge < -0.3 is 10.5 Å². The molecule has 0 saturated heterocycles. The zero-order valence-electron chi connectivity index (χ0n) is 10.2. The third-order valence-corrected chi connectivity index (χ3v) is 3.74. The first kappa shape index (κ1) is 16.0. The molecule has 0 heterocycles. The number of esters is 1. The number of ether oxygens (including phenoxy) is 1. The molecule has 9 heteroatoms. The first-order valence-electron chi connectivity index (χ1n) is 5.28. The number of carbonyl (C=O) groups is 2. The van der Waals surface area contributed by atoms with Gasteiger partial charge >= 0.3 is 11.7 Å². The highest BCUT2D eigenvalue weighted by atomic mass is 32.2. The van der Waals surface area contributed by atoms with Crippen molar-refractivity contribution in [2.45, 2.75) is 23.7 Å². The van der Waals surface area contributed by atoms with Crippen molar-refractivity contribution in [1.82, 2.24) is 0 Å². The van der Waals surface area contributed by atoms with Crippen molar-refractivity contribution in [3.63, 3.8) is 0 Å². The molecule has 1 aromatic rings. The number of nitrogens with two attached hydrogens (primary N) is 1. The zero-order chi connectivity index (χ0) is 15.5. The quantitative estimate of drug-likeness (QED) is 0.807. The maximum atomic E-state index is 12.3. The van der Waals surface area contributed by atoms with E-state index >= 15 is 0 Å². The number of hydrogen-bond acceptors (Lipinski definition) is 5. The van der Waals surface area contributed by atoms with E-state index in [1.165, 1.54) is 6.92 Å². The van der Waals surface area contributed by atoms with Crippen molar-refractivity contribution in [2.24, 2.45) is 5.73 Å². The van der Waals surface area contributed by atoms with Gasteiger partial charge in [0.2, 0.25) is 9.84 Å². The van der Waals surface area contributed by atoms with Crippen LogP contribution in [0.4, 0.5) is 8.78 Å². The van der Waals surface area contributed by atoms with Crippen LogP contribution in [-0.4, -0.2) is 32.2 Å². The number of sulfone groups is 1. The average molecular weight is 307 g/mol. The second kappa shape index (κ2) is 5.95. The van der Waals surface area contributed by atoms with E-state index in [1.54, 1.807) is 0 Å². The average Bonchev–Trinajstić information content (AvgIpc) is 2.38. The number of carbonyl (C=O) groups excluding carboxylic acids is 2. The summed E-state index contributed by atoms with van der Waals surface area (Å²) < 4.78 is 51.5. The van der Waals surface area contributed by atoms with Gasteiger partial charge in [-0.3, -0.25) is 4.79 Å². The molecule has 0 aromatic heterocycles. The first-order valence-corrected chi connectivity index (χ1v) is 6.83. The Bertz CT molecular complexity index is 612. The molecule has 110 valence electrons. The number of hydrogen-bond donors (Lipinski definition) is 1.